The van der Waals surface area contributed by atoms with Crippen molar-refractivity contribution in [2.45, 2.75) is 6.42 Å². The molecular weight excluding hydrogens is 252 g/mol. The normalized spacial score (nSPS) is 10.2. The van der Waals surface area contributed by atoms with Gasteiger partial charge in [0, 0.05) is 13.0 Å². The topological polar surface area (TPSA) is 132 Å². The monoisotopic (exact) mass is 264 g/mol. The van der Waals surface area contributed by atoms with E-state index in [1.807, 2.05) is 0 Å². The molecule has 2 rings (SSSR count). The number of hydrazine groups is 1. The molecule has 100 valence electrons. The Morgan fingerprint density at radius 3 is 2.84 bits per heavy atom. The summed E-state index contributed by atoms with van der Waals surface area (Å²) in [5.74, 6) is 5.71. The van der Waals surface area contributed by atoms with Crippen molar-refractivity contribution in [3.05, 3.63) is 40.5 Å². The Labute approximate surface area is 107 Å². The number of nitrogen functional groups attached to an aromatic ring is 1. The summed E-state index contributed by atoms with van der Waals surface area (Å²) < 4.78 is 4.83. The molecule has 2 aromatic rings. The van der Waals surface area contributed by atoms with Gasteiger partial charge in [-0.15, -0.1) is 0 Å². The van der Waals surface area contributed by atoms with Crippen molar-refractivity contribution in [1.82, 2.24) is 10.1 Å². The maximum atomic E-state index is 11.0. The first-order chi connectivity index (χ1) is 9.22. The van der Waals surface area contributed by atoms with Crippen LogP contribution in [0.3, 0.4) is 0 Å². The van der Waals surface area contributed by atoms with Crippen LogP contribution in [0, 0.1) is 10.1 Å². The van der Waals surface area contributed by atoms with Crippen LogP contribution < -0.4 is 16.6 Å². The number of benzene rings is 1. The van der Waals surface area contributed by atoms with Crippen LogP contribution >= 0.6 is 0 Å². The molecule has 0 aliphatic carbocycles. The Bertz CT molecular complexity index is 556. The highest BCUT2D eigenvalue weighted by atomic mass is 16.6. The van der Waals surface area contributed by atoms with E-state index in [1.165, 1.54) is 12.4 Å². The molecule has 9 nitrogen and oxygen atoms in total. The zero-order chi connectivity index (χ0) is 13.7. The molecular formula is C10H12N6O3. The van der Waals surface area contributed by atoms with Crippen LogP contribution in [0.4, 0.5) is 17.1 Å². The van der Waals surface area contributed by atoms with E-state index in [0.29, 0.717) is 24.5 Å². The molecule has 0 atom stereocenters. The van der Waals surface area contributed by atoms with E-state index in [2.05, 4.69) is 20.9 Å². The summed E-state index contributed by atoms with van der Waals surface area (Å²) in [5, 5.41) is 17.4. The van der Waals surface area contributed by atoms with Crippen LogP contribution in [0.1, 0.15) is 5.89 Å². The molecule has 9 heteroatoms. The van der Waals surface area contributed by atoms with E-state index in [-0.39, 0.29) is 11.4 Å². The lowest BCUT2D eigenvalue weighted by Crippen LogP contribution is -2.12. The largest absolute Gasteiger partial charge is 0.379 e. The molecule has 0 unspecified atom stereocenters. The molecule has 0 bridgehead atoms. The van der Waals surface area contributed by atoms with Crippen LogP contribution in [0.25, 0.3) is 0 Å². The number of para-hydroxylation sites is 1. The minimum absolute atomic E-state index is 0.101. The van der Waals surface area contributed by atoms with E-state index >= 15 is 0 Å². The summed E-state index contributed by atoms with van der Waals surface area (Å²) in [7, 11) is 0. The second-order valence-electron chi connectivity index (χ2n) is 3.61. The van der Waals surface area contributed by atoms with Gasteiger partial charge in [-0.1, -0.05) is 11.2 Å². The van der Waals surface area contributed by atoms with Crippen molar-refractivity contribution < 1.29 is 9.45 Å². The summed E-state index contributed by atoms with van der Waals surface area (Å²) >= 11 is 0. The Kier molecular flexibility index (Phi) is 3.88. The number of nitro benzene ring substituents is 1. The zero-order valence-corrected chi connectivity index (χ0v) is 9.87. The number of hydrogen-bond donors (Lipinski definition) is 3. The molecule has 0 saturated carbocycles. The fourth-order valence-corrected chi connectivity index (χ4v) is 1.61. The third kappa shape index (κ3) is 2.96. The predicted molar refractivity (Wildman–Crippen MR) is 67.4 cm³/mol. The second-order valence-corrected chi connectivity index (χ2v) is 3.61. The number of nitrogens with two attached hydrogens (primary N) is 1. The first kappa shape index (κ1) is 12.8. The highest BCUT2D eigenvalue weighted by Crippen LogP contribution is 2.31. The summed E-state index contributed by atoms with van der Waals surface area (Å²) in [4.78, 5) is 14.4. The molecule has 1 heterocycles. The third-order valence-corrected chi connectivity index (χ3v) is 2.44. The maximum absolute atomic E-state index is 11.0. The standard InChI is InChI=1S/C10H12N6O3/c11-15-8-3-1-2-7(10(8)16(17)18)12-5-4-9-13-6-14-19-9/h1-3,6,12,15H,4-5,11H2. The summed E-state index contributed by atoms with van der Waals surface area (Å²) in [6.45, 7) is 0.428. The molecule has 0 spiro atoms. The zero-order valence-electron chi connectivity index (χ0n) is 9.87. The van der Waals surface area contributed by atoms with Gasteiger partial charge >= 0.3 is 5.69 Å². The molecule has 0 saturated heterocycles. The van der Waals surface area contributed by atoms with Crippen molar-refractivity contribution in [1.29, 1.82) is 0 Å². The van der Waals surface area contributed by atoms with E-state index < -0.39 is 4.92 Å². The van der Waals surface area contributed by atoms with Gasteiger partial charge in [0.2, 0.25) is 5.89 Å². The molecule has 0 aliphatic heterocycles. The minimum Gasteiger partial charge on any atom is -0.379 e. The first-order valence-corrected chi connectivity index (χ1v) is 5.46. The quantitative estimate of drug-likeness (QED) is 0.398. The van der Waals surface area contributed by atoms with Gasteiger partial charge in [-0.2, -0.15) is 4.98 Å². The third-order valence-electron chi connectivity index (χ3n) is 2.44. The number of nitrogens with zero attached hydrogens (tertiary/aromatic N) is 3. The Morgan fingerprint density at radius 1 is 1.42 bits per heavy atom. The van der Waals surface area contributed by atoms with Crippen molar-refractivity contribution >= 4 is 17.1 Å². The second kappa shape index (κ2) is 5.78. The van der Waals surface area contributed by atoms with Crippen molar-refractivity contribution in [3.8, 4) is 0 Å². The molecule has 19 heavy (non-hydrogen) atoms. The predicted octanol–water partition coefficient (Wildman–Crippen LogP) is 0.918. The average Bonchev–Trinajstić information content (AvgIpc) is 2.91. The number of nitrogens with one attached hydrogen (secondary N) is 2. The Balaban J connectivity index is 2.09. The molecule has 0 radical (unpaired) electrons. The van der Waals surface area contributed by atoms with Gasteiger partial charge in [0.15, 0.2) is 6.33 Å². The van der Waals surface area contributed by atoms with Crippen LogP contribution in [0.5, 0.6) is 0 Å². The summed E-state index contributed by atoms with van der Waals surface area (Å²) in [6, 6.07) is 4.80. The van der Waals surface area contributed by atoms with Gasteiger partial charge in [-0.25, -0.2) is 0 Å². The van der Waals surface area contributed by atoms with Gasteiger partial charge in [0.1, 0.15) is 11.4 Å². The van der Waals surface area contributed by atoms with E-state index in [1.54, 1.807) is 12.1 Å². The number of rotatable bonds is 6. The molecule has 0 aliphatic rings. The molecule has 1 aromatic carbocycles. The van der Waals surface area contributed by atoms with Gasteiger partial charge in [0.05, 0.1) is 4.92 Å². The van der Waals surface area contributed by atoms with Gasteiger partial charge in [0.25, 0.3) is 0 Å². The first-order valence-electron chi connectivity index (χ1n) is 5.46. The highest BCUT2D eigenvalue weighted by Gasteiger charge is 2.18. The van der Waals surface area contributed by atoms with E-state index in [0.717, 1.165) is 0 Å². The molecule has 0 amide bonds. The lowest BCUT2D eigenvalue weighted by molar-refractivity contribution is -0.383. The van der Waals surface area contributed by atoms with Crippen LogP contribution in [-0.2, 0) is 6.42 Å². The lowest BCUT2D eigenvalue weighted by Gasteiger charge is -2.08. The Morgan fingerprint density at radius 2 is 2.21 bits per heavy atom. The van der Waals surface area contributed by atoms with Crippen molar-refractivity contribution in [2.24, 2.45) is 5.84 Å². The smallest absolute Gasteiger partial charge is 0.316 e. The van der Waals surface area contributed by atoms with Crippen LogP contribution in [-0.4, -0.2) is 21.6 Å². The van der Waals surface area contributed by atoms with Crippen LogP contribution in [0.2, 0.25) is 0 Å². The fourth-order valence-electron chi connectivity index (χ4n) is 1.61. The Hall–Kier alpha value is -2.68. The summed E-state index contributed by atoms with van der Waals surface area (Å²) in [5.41, 5.74) is 2.82. The molecule has 4 N–H and O–H groups in total. The minimum atomic E-state index is -0.496. The van der Waals surface area contributed by atoms with Crippen LogP contribution in [0.15, 0.2) is 29.0 Å². The van der Waals surface area contributed by atoms with Gasteiger partial charge < -0.3 is 15.3 Å². The van der Waals surface area contributed by atoms with Gasteiger partial charge in [-0.05, 0) is 12.1 Å². The highest BCUT2D eigenvalue weighted by molar-refractivity contribution is 5.75. The van der Waals surface area contributed by atoms with E-state index in [4.69, 9.17) is 10.4 Å². The molecule has 1 aromatic heterocycles. The maximum Gasteiger partial charge on any atom is 0.316 e. The van der Waals surface area contributed by atoms with Gasteiger partial charge in [-0.3, -0.25) is 16.0 Å². The lowest BCUT2D eigenvalue weighted by atomic mass is 10.2. The van der Waals surface area contributed by atoms with Crippen molar-refractivity contribution in [2.75, 3.05) is 17.3 Å². The molecule has 0 fully saturated rings. The SMILES string of the molecule is NNc1cccc(NCCc2ncno2)c1[N+](=O)[O-]. The fraction of sp³-hybridized carbons (Fsp3) is 0.200. The number of aromatic nitrogens is 2. The summed E-state index contributed by atoms with van der Waals surface area (Å²) in [6.07, 6.45) is 1.77. The van der Waals surface area contributed by atoms with E-state index in [9.17, 15) is 10.1 Å². The van der Waals surface area contributed by atoms with Crippen molar-refractivity contribution in [3.63, 3.8) is 0 Å². The average molecular weight is 264 g/mol. The number of nitro groups is 1. The number of hydrogen-bond acceptors (Lipinski definition) is 8. The number of anilines is 2.